The lowest BCUT2D eigenvalue weighted by atomic mass is 9.67. The Hall–Kier alpha value is -2.85. The molecule has 2 aliphatic rings. The van der Waals surface area contributed by atoms with Crippen molar-refractivity contribution < 1.29 is 32.3 Å². The molecule has 2 heterocycles. The van der Waals surface area contributed by atoms with Crippen LogP contribution >= 0.6 is 0 Å². The van der Waals surface area contributed by atoms with E-state index in [1.165, 1.54) is 4.90 Å². The zero-order valence-corrected chi connectivity index (χ0v) is 20.7. The highest BCUT2D eigenvalue weighted by Crippen LogP contribution is 2.44. The summed E-state index contributed by atoms with van der Waals surface area (Å²) in [6.45, 7) is 8.83. The molecule has 2 atom stereocenters. The van der Waals surface area contributed by atoms with Crippen molar-refractivity contribution in [2.75, 3.05) is 6.54 Å². The predicted molar refractivity (Wildman–Crippen MR) is 121 cm³/mol. The molecule has 1 saturated heterocycles. The molecule has 194 valence electrons. The van der Waals surface area contributed by atoms with Gasteiger partial charge in [0.05, 0.1) is 11.3 Å². The smallest absolute Gasteiger partial charge is 0.433 e. The topological polar surface area (TPSA) is 115 Å². The summed E-state index contributed by atoms with van der Waals surface area (Å²) in [6.07, 6.45) is -3.09. The average Bonchev–Trinajstić information content (AvgIpc) is 2.69. The number of amides is 3. The van der Waals surface area contributed by atoms with Gasteiger partial charge in [-0.15, -0.1) is 0 Å². The van der Waals surface area contributed by atoms with E-state index in [2.05, 4.69) is 10.3 Å². The second kappa shape index (κ2) is 8.98. The highest BCUT2D eigenvalue weighted by Gasteiger charge is 2.47. The Labute approximate surface area is 202 Å². The number of nitrogens with one attached hydrogen (secondary N) is 1. The summed E-state index contributed by atoms with van der Waals surface area (Å²) < 4.78 is 45.4. The van der Waals surface area contributed by atoms with E-state index in [1.807, 2.05) is 0 Å². The molecule has 3 N–H and O–H groups in total. The van der Waals surface area contributed by atoms with E-state index in [4.69, 9.17) is 10.5 Å². The summed E-state index contributed by atoms with van der Waals surface area (Å²) in [4.78, 5) is 43.8. The standard InChI is InChI=1S/C24H33F3N4O4/c1-14-13-23(19(28)33,11-12-31(14)20(34)35-21(2,3)4)30-18(32)15-7-8-16(24(25,26)27)29-17(15)22(5)9-6-10-22/h7-8,14H,6,9-13H2,1-5H3,(H2,28,33)(H,30,32)/t14-,23+/m0/s1. The van der Waals surface area contributed by atoms with Crippen LogP contribution in [-0.4, -0.2) is 51.5 Å². The van der Waals surface area contributed by atoms with Crippen LogP contribution in [0.3, 0.4) is 0 Å². The van der Waals surface area contributed by atoms with Crippen LogP contribution in [0, 0.1) is 0 Å². The molecular weight excluding hydrogens is 465 g/mol. The second-order valence-electron chi connectivity index (χ2n) is 10.9. The molecule has 3 amide bonds. The minimum absolute atomic E-state index is 0.0111. The number of halogens is 3. The fourth-order valence-corrected chi connectivity index (χ4v) is 4.73. The van der Waals surface area contributed by atoms with Crippen molar-refractivity contribution in [3.8, 4) is 0 Å². The van der Waals surface area contributed by atoms with Crippen molar-refractivity contribution >= 4 is 17.9 Å². The van der Waals surface area contributed by atoms with Crippen LogP contribution in [0.1, 0.15) is 88.5 Å². The third-order valence-corrected chi connectivity index (χ3v) is 6.87. The Morgan fingerprint density at radius 2 is 1.80 bits per heavy atom. The summed E-state index contributed by atoms with van der Waals surface area (Å²) in [5.74, 6) is -1.50. The van der Waals surface area contributed by atoms with Gasteiger partial charge in [0.1, 0.15) is 16.8 Å². The number of carbonyl (C=O) groups is 3. The number of rotatable bonds is 4. The second-order valence-corrected chi connectivity index (χ2v) is 10.9. The Morgan fingerprint density at radius 3 is 2.26 bits per heavy atom. The molecule has 1 aliphatic carbocycles. The molecular formula is C24H33F3N4O4. The molecule has 3 rings (SSSR count). The monoisotopic (exact) mass is 498 g/mol. The highest BCUT2D eigenvalue weighted by molar-refractivity contribution is 6.00. The summed E-state index contributed by atoms with van der Waals surface area (Å²) in [5, 5.41) is 2.69. The molecule has 0 spiro atoms. The van der Waals surface area contributed by atoms with Gasteiger partial charge in [0.25, 0.3) is 5.91 Å². The van der Waals surface area contributed by atoms with Gasteiger partial charge in [0, 0.05) is 18.0 Å². The van der Waals surface area contributed by atoms with Crippen molar-refractivity contribution in [1.29, 1.82) is 0 Å². The van der Waals surface area contributed by atoms with Gasteiger partial charge in [0.2, 0.25) is 5.91 Å². The largest absolute Gasteiger partial charge is 0.444 e. The molecule has 8 nitrogen and oxygen atoms in total. The molecule has 1 aromatic heterocycles. The number of nitrogens with zero attached hydrogens (tertiary/aromatic N) is 2. The lowest BCUT2D eigenvalue weighted by molar-refractivity contribution is -0.141. The zero-order valence-electron chi connectivity index (χ0n) is 20.7. The number of ether oxygens (including phenoxy) is 1. The number of piperidine rings is 1. The summed E-state index contributed by atoms with van der Waals surface area (Å²) in [7, 11) is 0. The third-order valence-electron chi connectivity index (χ3n) is 6.87. The summed E-state index contributed by atoms with van der Waals surface area (Å²) in [6, 6.07) is 1.39. The van der Waals surface area contributed by atoms with Crippen LogP contribution in [-0.2, 0) is 21.1 Å². The van der Waals surface area contributed by atoms with E-state index in [9.17, 15) is 27.6 Å². The molecule has 2 fully saturated rings. The van der Waals surface area contributed by atoms with Crippen molar-refractivity contribution in [3.05, 3.63) is 29.1 Å². The van der Waals surface area contributed by atoms with Crippen molar-refractivity contribution in [2.24, 2.45) is 5.73 Å². The molecule has 1 saturated carbocycles. The first-order valence-corrected chi connectivity index (χ1v) is 11.7. The molecule has 11 heteroatoms. The first-order valence-electron chi connectivity index (χ1n) is 11.7. The van der Waals surface area contributed by atoms with E-state index in [0.29, 0.717) is 12.8 Å². The van der Waals surface area contributed by atoms with Crippen LogP contribution in [0.5, 0.6) is 0 Å². The molecule has 1 aliphatic heterocycles. The lowest BCUT2D eigenvalue weighted by Crippen LogP contribution is -2.65. The SMILES string of the molecule is C[C@H]1C[C@@](NC(=O)c2ccc(C(F)(F)F)nc2C2(C)CCC2)(C(N)=O)CCN1C(=O)OC(C)(C)C. The molecule has 0 aromatic carbocycles. The highest BCUT2D eigenvalue weighted by atomic mass is 19.4. The Bertz CT molecular complexity index is 1020. The van der Waals surface area contributed by atoms with E-state index >= 15 is 0 Å². The maximum Gasteiger partial charge on any atom is 0.433 e. The maximum absolute atomic E-state index is 13.4. The van der Waals surface area contributed by atoms with Crippen molar-refractivity contribution in [1.82, 2.24) is 15.2 Å². The summed E-state index contributed by atoms with van der Waals surface area (Å²) in [5.41, 5.74) is 1.85. The third kappa shape index (κ3) is 5.54. The number of pyridine rings is 1. The Kier molecular flexibility index (Phi) is 6.86. The molecule has 0 radical (unpaired) electrons. The van der Waals surface area contributed by atoms with Crippen LogP contribution in [0.15, 0.2) is 12.1 Å². The van der Waals surface area contributed by atoms with E-state index in [-0.39, 0.29) is 30.6 Å². The van der Waals surface area contributed by atoms with Gasteiger partial charge in [-0.05, 0) is 65.5 Å². The minimum Gasteiger partial charge on any atom is -0.444 e. The number of nitrogens with two attached hydrogens (primary N) is 1. The van der Waals surface area contributed by atoms with Gasteiger partial charge in [-0.3, -0.25) is 9.59 Å². The quantitative estimate of drug-likeness (QED) is 0.653. The fourth-order valence-electron chi connectivity index (χ4n) is 4.73. The fraction of sp³-hybridized carbons (Fsp3) is 0.667. The zero-order chi connectivity index (χ0) is 26.4. The summed E-state index contributed by atoms with van der Waals surface area (Å²) >= 11 is 0. The number of hydrogen-bond acceptors (Lipinski definition) is 5. The van der Waals surface area contributed by atoms with E-state index < -0.39 is 52.4 Å². The maximum atomic E-state index is 13.4. The van der Waals surface area contributed by atoms with Gasteiger partial charge in [0.15, 0.2) is 0 Å². The Morgan fingerprint density at radius 1 is 1.17 bits per heavy atom. The number of primary amides is 1. The van der Waals surface area contributed by atoms with Crippen molar-refractivity contribution in [2.45, 2.75) is 95.5 Å². The van der Waals surface area contributed by atoms with Crippen LogP contribution in [0.4, 0.5) is 18.0 Å². The van der Waals surface area contributed by atoms with E-state index in [0.717, 1.165) is 18.6 Å². The van der Waals surface area contributed by atoms with Gasteiger partial charge in [-0.1, -0.05) is 13.3 Å². The van der Waals surface area contributed by atoms with Gasteiger partial charge >= 0.3 is 12.3 Å². The van der Waals surface area contributed by atoms with Gasteiger partial charge < -0.3 is 20.7 Å². The van der Waals surface area contributed by atoms with Crippen LogP contribution < -0.4 is 11.1 Å². The first kappa shape index (κ1) is 26.7. The first-order chi connectivity index (χ1) is 16.0. The molecule has 35 heavy (non-hydrogen) atoms. The van der Waals surface area contributed by atoms with Crippen molar-refractivity contribution in [3.63, 3.8) is 0 Å². The number of hydrogen-bond donors (Lipinski definition) is 2. The Balaban J connectivity index is 1.88. The lowest BCUT2D eigenvalue weighted by Gasteiger charge is -2.44. The normalized spacial score (nSPS) is 24.3. The van der Waals surface area contributed by atoms with Gasteiger partial charge in [-0.25, -0.2) is 9.78 Å². The molecule has 1 aromatic rings. The average molecular weight is 499 g/mol. The van der Waals surface area contributed by atoms with E-state index in [1.54, 1.807) is 34.6 Å². The predicted octanol–water partition coefficient (Wildman–Crippen LogP) is 3.92. The molecule has 0 unspecified atom stereocenters. The number of carbonyl (C=O) groups excluding carboxylic acids is 3. The number of likely N-dealkylation sites (tertiary alicyclic amines) is 1. The van der Waals surface area contributed by atoms with Crippen LogP contribution in [0.2, 0.25) is 0 Å². The number of alkyl halides is 3. The minimum atomic E-state index is -4.65. The number of aromatic nitrogens is 1. The van der Waals surface area contributed by atoms with Crippen LogP contribution in [0.25, 0.3) is 0 Å². The molecule has 0 bridgehead atoms. The van der Waals surface area contributed by atoms with Gasteiger partial charge in [-0.2, -0.15) is 13.2 Å².